The van der Waals surface area contributed by atoms with Gasteiger partial charge in [0.15, 0.2) is 5.82 Å². The highest BCUT2D eigenvalue weighted by molar-refractivity contribution is 7.20. The maximum atomic E-state index is 12.0. The average Bonchev–Trinajstić information content (AvgIpc) is 3.15. The molecule has 22 heavy (non-hydrogen) atoms. The van der Waals surface area contributed by atoms with Crippen LogP contribution in [0.3, 0.4) is 0 Å². The van der Waals surface area contributed by atoms with Crippen LogP contribution in [-0.4, -0.2) is 20.7 Å². The Labute approximate surface area is 140 Å². The van der Waals surface area contributed by atoms with Crippen LogP contribution in [0.25, 0.3) is 5.82 Å². The van der Waals surface area contributed by atoms with Crippen molar-refractivity contribution in [2.45, 2.75) is 6.54 Å². The number of hydrogen-bond acceptors (Lipinski definition) is 4. The van der Waals surface area contributed by atoms with Gasteiger partial charge in [-0.3, -0.25) is 4.79 Å². The van der Waals surface area contributed by atoms with Crippen LogP contribution in [0.4, 0.5) is 0 Å². The van der Waals surface area contributed by atoms with Crippen molar-refractivity contribution < 1.29 is 4.79 Å². The fourth-order valence-corrected chi connectivity index (χ4v) is 3.29. The largest absolute Gasteiger partial charge is 0.348 e. The molecular formula is C14H10Cl2N4OS. The lowest BCUT2D eigenvalue weighted by atomic mass is 10.2. The van der Waals surface area contributed by atoms with Crippen LogP contribution < -0.4 is 5.32 Å². The Bertz CT molecular complexity index is 784. The first-order valence-corrected chi connectivity index (χ1v) is 7.89. The second kappa shape index (κ2) is 6.48. The van der Waals surface area contributed by atoms with E-state index in [1.165, 1.54) is 11.3 Å². The zero-order valence-corrected chi connectivity index (χ0v) is 13.5. The first-order valence-electron chi connectivity index (χ1n) is 6.31. The Morgan fingerprint density at radius 1 is 1.36 bits per heavy atom. The third kappa shape index (κ3) is 3.30. The summed E-state index contributed by atoms with van der Waals surface area (Å²) in [4.78, 5) is 16.3. The number of hydrogen-bond donors (Lipinski definition) is 1. The van der Waals surface area contributed by atoms with E-state index >= 15 is 0 Å². The smallest absolute Gasteiger partial charge is 0.253 e. The van der Waals surface area contributed by atoms with E-state index in [2.05, 4.69) is 15.4 Å². The summed E-state index contributed by atoms with van der Waals surface area (Å²) < 4.78 is 2.53. The topological polar surface area (TPSA) is 59.8 Å². The maximum absolute atomic E-state index is 12.0. The molecule has 0 aromatic carbocycles. The van der Waals surface area contributed by atoms with Gasteiger partial charge in [0.25, 0.3) is 5.91 Å². The summed E-state index contributed by atoms with van der Waals surface area (Å²) in [5, 5.41) is 6.89. The fourth-order valence-electron chi connectivity index (χ4n) is 1.83. The molecule has 0 radical (unpaired) electrons. The molecule has 8 heteroatoms. The van der Waals surface area contributed by atoms with Crippen molar-refractivity contribution in [3.8, 4) is 5.82 Å². The van der Waals surface area contributed by atoms with Gasteiger partial charge in [0, 0.05) is 25.1 Å². The zero-order chi connectivity index (χ0) is 15.5. The summed E-state index contributed by atoms with van der Waals surface area (Å²) in [7, 11) is 0. The van der Waals surface area contributed by atoms with Gasteiger partial charge < -0.3 is 5.32 Å². The van der Waals surface area contributed by atoms with E-state index in [0.29, 0.717) is 26.6 Å². The van der Waals surface area contributed by atoms with Crippen molar-refractivity contribution >= 4 is 40.4 Å². The minimum atomic E-state index is -0.260. The summed E-state index contributed by atoms with van der Waals surface area (Å²) >= 11 is 12.9. The van der Waals surface area contributed by atoms with Gasteiger partial charge in [-0.1, -0.05) is 29.3 Å². The maximum Gasteiger partial charge on any atom is 0.253 e. The predicted octanol–water partition coefficient (Wildman–Crippen LogP) is 3.57. The molecule has 0 unspecified atom stereocenters. The lowest BCUT2D eigenvalue weighted by Crippen LogP contribution is -2.22. The number of pyridine rings is 1. The highest BCUT2D eigenvalue weighted by Crippen LogP contribution is 2.30. The van der Waals surface area contributed by atoms with Gasteiger partial charge in [-0.25, -0.2) is 9.67 Å². The number of aromatic nitrogens is 3. The van der Waals surface area contributed by atoms with Crippen molar-refractivity contribution in [2.24, 2.45) is 0 Å². The lowest BCUT2D eigenvalue weighted by molar-refractivity contribution is 0.0951. The minimum absolute atomic E-state index is 0.260. The van der Waals surface area contributed by atoms with Crippen molar-refractivity contribution in [3.63, 3.8) is 0 Å². The van der Waals surface area contributed by atoms with E-state index < -0.39 is 0 Å². The first-order chi connectivity index (χ1) is 10.6. The summed E-state index contributed by atoms with van der Waals surface area (Å²) in [5.74, 6) is 0.456. The minimum Gasteiger partial charge on any atom is -0.348 e. The monoisotopic (exact) mass is 352 g/mol. The van der Waals surface area contributed by atoms with Crippen molar-refractivity contribution in [1.29, 1.82) is 0 Å². The molecular weight excluding hydrogens is 343 g/mol. The molecule has 0 fully saturated rings. The highest BCUT2D eigenvalue weighted by Gasteiger charge is 2.13. The molecule has 3 heterocycles. The fraction of sp³-hybridized carbons (Fsp3) is 0.0714. The molecule has 0 aliphatic heterocycles. The summed E-state index contributed by atoms with van der Waals surface area (Å²) in [5.41, 5.74) is 1.26. The van der Waals surface area contributed by atoms with Gasteiger partial charge in [-0.2, -0.15) is 5.10 Å². The number of thiophene rings is 1. The van der Waals surface area contributed by atoms with Crippen LogP contribution in [0.5, 0.6) is 0 Å². The quantitative estimate of drug-likeness (QED) is 0.780. The SMILES string of the molecule is O=C(NCc1ccc(-n2cccn2)nc1)c1cc(Cl)sc1Cl. The lowest BCUT2D eigenvalue weighted by Gasteiger charge is -2.05. The van der Waals surface area contributed by atoms with Crippen molar-refractivity contribution in [3.05, 3.63) is 62.7 Å². The van der Waals surface area contributed by atoms with Gasteiger partial charge in [-0.05, 0) is 23.8 Å². The van der Waals surface area contributed by atoms with E-state index in [1.54, 1.807) is 23.1 Å². The zero-order valence-electron chi connectivity index (χ0n) is 11.2. The number of halogens is 2. The van der Waals surface area contributed by atoms with Gasteiger partial charge in [-0.15, -0.1) is 11.3 Å². The Hall–Kier alpha value is -1.89. The molecule has 112 valence electrons. The number of nitrogens with zero attached hydrogens (tertiary/aromatic N) is 3. The van der Waals surface area contributed by atoms with Crippen LogP contribution in [0.1, 0.15) is 15.9 Å². The van der Waals surface area contributed by atoms with E-state index in [4.69, 9.17) is 23.2 Å². The number of rotatable bonds is 4. The normalized spacial score (nSPS) is 10.6. The third-order valence-electron chi connectivity index (χ3n) is 2.90. The standard InChI is InChI=1S/C14H10Cl2N4OS/c15-11-6-10(13(16)22-11)14(21)18-8-9-2-3-12(17-7-9)20-5-1-4-19-20/h1-7H,8H2,(H,18,21). The third-order valence-corrected chi connectivity index (χ3v) is 4.39. The second-order valence-electron chi connectivity index (χ2n) is 4.40. The highest BCUT2D eigenvalue weighted by atomic mass is 35.5. The van der Waals surface area contributed by atoms with Crippen molar-refractivity contribution in [2.75, 3.05) is 0 Å². The molecule has 0 saturated carbocycles. The summed E-state index contributed by atoms with van der Waals surface area (Å²) in [6.45, 7) is 0.356. The Morgan fingerprint density at radius 2 is 2.23 bits per heavy atom. The average molecular weight is 353 g/mol. The van der Waals surface area contributed by atoms with Crippen LogP contribution in [0.15, 0.2) is 42.9 Å². The number of carbonyl (C=O) groups is 1. The van der Waals surface area contributed by atoms with E-state index in [-0.39, 0.29) is 5.91 Å². The molecule has 5 nitrogen and oxygen atoms in total. The van der Waals surface area contributed by atoms with E-state index in [0.717, 1.165) is 5.56 Å². The molecule has 0 bridgehead atoms. The Kier molecular flexibility index (Phi) is 4.42. The van der Waals surface area contributed by atoms with Crippen LogP contribution in [0.2, 0.25) is 8.67 Å². The van der Waals surface area contributed by atoms with Gasteiger partial charge >= 0.3 is 0 Å². The molecule has 0 atom stereocenters. The van der Waals surface area contributed by atoms with Crippen molar-refractivity contribution in [1.82, 2.24) is 20.1 Å². The molecule has 1 amide bonds. The van der Waals surface area contributed by atoms with Gasteiger partial charge in [0.05, 0.1) is 9.90 Å². The molecule has 3 aromatic heterocycles. The molecule has 3 aromatic rings. The number of carbonyl (C=O) groups excluding carboxylic acids is 1. The summed E-state index contributed by atoms with van der Waals surface area (Å²) in [6, 6.07) is 7.10. The van der Waals surface area contributed by atoms with Gasteiger partial charge in [0.2, 0.25) is 0 Å². The molecule has 0 aliphatic rings. The molecule has 0 saturated heterocycles. The second-order valence-corrected chi connectivity index (χ2v) is 6.68. The van der Waals surface area contributed by atoms with Crippen LogP contribution in [-0.2, 0) is 6.54 Å². The molecule has 1 N–H and O–H groups in total. The predicted molar refractivity (Wildman–Crippen MR) is 86.9 cm³/mol. The van der Waals surface area contributed by atoms with E-state index in [1.807, 2.05) is 24.4 Å². The van der Waals surface area contributed by atoms with E-state index in [9.17, 15) is 4.79 Å². The number of nitrogens with one attached hydrogen (secondary N) is 1. The van der Waals surface area contributed by atoms with Crippen LogP contribution >= 0.6 is 34.5 Å². The Balaban J connectivity index is 1.64. The van der Waals surface area contributed by atoms with Crippen LogP contribution in [0, 0.1) is 0 Å². The Morgan fingerprint density at radius 3 is 2.82 bits per heavy atom. The first kappa shape index (κ1) is 15.0. The summed E-state index contributed by atoms with van der Waals surface area (Å²) in [6.07, 6.45) is 5.19. The molecule has 0 aliphatic carbocycles. The number of amides is 1. The van der Waals surface area contributed by atoms with Gasteiger partial charge in [0.1, 0.15) is 4.34 Å². The molecule has 3 rings (SSSR count). The molecule has 0 spiro atoms.